The molecule has 2 N–H and O–H groups in total. The molecular formula is C15H21NO4S. The molecule has 0 bridgehead atoms. The highest BCUT2D eigenvalue weighted by Gasteiger charge is 2.20. The van der Waals surface area contributed by atoms with Crippen LogP contribution in [0, 0.1) is 0 Å². The minimum atomic E-state index is -0.906. The molecule has 0 aliphatic carbocycles. The van der Waals surface area contributed by atoms with E-state index in [1.54, 1.807) is 38.3 Å². The molecule has 0 aromatic heterocycles. The first-order valence-electron chi connectivity index (χ1n) is 6.69. The lowest BCUT2D eigenvalue weighted by molar-refractivity contribution is -0.136. The number of carboxylic acids is 1. The van der Waals surface area contributed by atoms with Crippen LogP contribution in [0.3, 0.4) is 0 Å². The summed E-state index contributed by atoms with van der Waals surface area (Å²) in [5.41, 5.74) is 0.478. The number of hydrogen-bond acceptors (Lipinski definition) is 4. The third-order valence-electron chi connectivity index (χ3n) is 3.22. The van der Waals surface area contributed by atoms with E-state index in [2.05, 4.69) is 5.32 Å². The number of amides is 1. The molecule has 1 rings (SSSR count). The molecule has 116 valence electrons. The number of carbonyl (C=O) groups is 2. The number of thioether (sulfide) groups is 1. The van der Waals surface area contributed by atoms with Crippen molar-refractivity contribution in [1.82, 2.24) is 5.32 Å². The maximum absolute atomic E-state index is 12.3. The molecule has 0 heterocycles. The second kappa shape index (κ2) is 8.05. The highest BCUT2D eigenvalue weighted by molar-refractivity contribution is 8.00. The number of methoxy groups -OCH3 is 1. The highest BCUT2D eigenvalue weighted by atomic mass is 32.2. The number of nitrogens with one attached hydrogen (secondary N) is 1. The molecule has 2 unspecified atom stereocenters. The Kier molecular flexibility index (Phi) is 6.71. The summed E-state index contributed by atoms with van der Waals surface area (Å²) in [7, 11) is 1.59. The van der Waals surface area contributed by atoms with Gasteiger partial charge < -0.3 is 15.2 Å². The van der Waals surface area contributed by atoms with Gasteiger partial charge in [0.15, 0.2) is 0 Å². The largest absolute Gasteiger partial charge is 0.480 e. The summed E-state index contributed by atoms with van der Waals surface area (Å²) >= 11 is 1.16. The summed E-state index contributed by atoms with van der Waals surface area (Å²) in [6, 6.07) is 6.85. The van der Waals surface area contributed by atoms with Crippen LogP contribution >= 0.6 is 11.8 Å². The second-order valence-corrected chi connectivity index (χ2v) is 6.18. The zero-order chi connectivity index (χ0) is 16.0. The van der Waals surface area contributed by atoms with Gasteiger partial charge in [-0.2, -0.15) is 0 Å². The number of carboxylic acid groups (broad SMARTS) is 1. The van der Waals surface area contributed by atoms with E-state index in [0.29, 0.717) is 10.5 Å². The predicted octanol–water partition coefficient (Wildman–Crippen LogP) is 2.41. The molecule has 0 aliphatic heterocycles. The van der Waals surface area contributed by atoms with E-state index in [4.69, 9.17) is 9.84 Å². The Morgan fingerprint density at radius 1 is 1.24 bits per heavy atom. The van der Waals surface area contributed by atoms with Crippen molar-refractivity contribution >= 4 is 23.6 Å². The van der Waals surface area contributed by atoms with E-state index >= 15 is 0 Å². The Bertz CT molecular complexity index is 506. The van der Waals surface area contributed by atoms with Crippen LogP contribution in [-0.2, 0) is 9.53 Å². The minimum Gasteiger partial charge on any atom is -0.480 e. The zero-order valence-corrected chi connectivity index (χ0v) is 13.4. The molecule has 3 atom stereocenters. The summed E-state index contributed by atoms with van der Waals surface area (Å²) in [5, 5.41) is 11.2. The Balaban J connectivity index is 2.87. The monoisotopic (exact) mass is 311 g/mol. The van der Waals surface area contributed by atoms with Crippen molar-refractivity contribution in [1.29, 1.82) is 0 Å². The van der Waals surface area contributed by atoms with Crippen molar-refractivity contribution in [3.8, 4) is 0 Å². The Labute approximate surface area is 129 Å². The maximum Gasteiger partial charge on any atom is 0.316 e. The van der Waals surface area contributed by atoms with Crippen LogP contribution in [0.5, 0.6) is 0 Å². The second-order valence-electron chi connectivity index (χ2n) is 4.80. The first-order valence-corrected chi connectivity index (χ1v) is 7.57. The fourth-order valence-corrected chi connectivity index (χ4v) is 2.53. The molecule has 21 heavy (non-hydrogen) atoms. The van der Waals surface area contributed by atoms with Gasteiger partial charge in [0.05, 0.1) is 17.7 Å². The number of carbonyl (C=O) groups excluding carboxylic acids is 1. The van der Waals surface area contributed by atoms with Gasteiger partial charge >= 0.3 is 5.97 Å². The first kappa shape index (κ1) is 17.5. The molecule has 5 nitrogen and oxygen atoms in total. The Morgan fingerprint density at radius 3 is 2.43 bits per heavy atom. The van der Waals surface area contributed by atoms with Crippen molar-refractivity contribution in [2.75, 3.05) is 7.11 Å². The number of ether oxygens (including phenoxy) is 1. The van der Waals surface area contributed by atoms with Crippen molar-refractivity contribution in [3.05, 3.63) is 29.8 Å². The molecule has 1 amide bonds. The van der Waals surface area contributed by atoms with Crippen LogP contribution in [0.25, 0.3) is 0 Å². The molecule has 0 saturated carbocycles. The van der Waals surface area contributed by atoms with Gasteiger partial charge in [-0.15, -0.1) is 11.8 Å². The van der Waals surface area contributed by atoms with E-state index in [-0.39, 0.29) is 18.1 Å². The highest BCUT2D eigenvalue weighted by Crippen LogP contribution is 2.27. The van der Waals surface area contributed by atoms with Gasteiger partial charge in [-0.1, -0.05) is 12.1 Å². The topological polar surface area (TPSA) is 75.6 Å². The van der Waals surface area contributed by atoms with Gasteiger partial charge in [0, 0.05) is 12.0 Å². The predicted molar refractivity (Wildman–Crippen MR) is 82.8 cm³/mol. The van der Waals surface area contributed by atoms with Crippen molar-refractivity contribution in [2.45, 2.75) is 43.1 Å². The van der Waals surface area contributed by atoms with Gasteiger partial charge in [-0.3, -0.25) is 9.59 Å². The normalized spacial score (nSPS) is 15.0. The Hall–Kier alpha value is -1.53. The number of rotatable bonds is 7. The van der Waals surface area contributed by atoms with Gasteiger partial charge in [0.2, 0.25) is 0 Å². The number of hydrogen-bond donors (Lipinski definition) is 2. The van der Waals surface area contributed by atoms with Crippen LogP contribution in [0.4, 0.5) is 0 Å². The fraction of sp³-hybridized carbons (Fsp3) is 0.467. The van der Waals surface area contributed by atoms with Crippen LogP contribution in [-0.4, -0.2) is 41.5 Å². The van der Waals surface area contributed by atoms with Crippen molar-refractivity contribution < 1.29 is 19.4 Å². The van der Waals surface area contributed by atoms with Crippen LogP contribution in [0.1, 0.15) is 31.1 Å². The van der Waals surface area contributed by atoms with Crippen molar-refractivity contribution in [3.63, 3.8) is 0 Å². The van der Waals surface area contributed by atoms with Gasteiger partial charge in [-0.05, 0) is 32.9 Å². The lowest BCUT2D eigenvalue weighted by Gasteiger charge is -2.20. The molecule has 0 fully saturated rings. The molecular weight excluding hydrogens is 290 g/mol. The maximum atomic E-state index is 12.3. The molecule has 1 aromatic rings. The van der Waals surface area contributed by atoms with Crippen LogP contribution < -0.4 is 5.32 Å². The third kappa shape index (κ3) is 5.06. The molecule has 6 heteroatoms. The molecule has 0 saturated heterocycles. The van der Waals surface area contributed by atoms with E-state index < -0.39 is 11.2 Å². The Morgan fingerprint density at radius 2 is 1.86 bits per heavy atom. The first-order chi connectivity index (χ1) is 9.86. The lowest BCUT2D eigenvalue weighted by atomic mass is 10.1. The molecule has 0 spiro atoms. The summed E-state index contributed by atoms with van der Waals surface area (Å²) in [5.74, 6) is -1.14. The minimum absolute atomic E-state index is 0.105. The van der Waals surface area contributed by atoms with E-state index in [1.807, 2.05) is 13.8 Å². The molecule has 0 aliphatic rings. The van der Waals surface area contributed by atoms with Crippen LogP contribution in [0.15, 0.2) is 29.2 Å². The van der Waals surface area contributed by atoms with E-state index in [1.165, 1.54) is 0 Å². The SMILES string of the molecule is COC(C)[C@H](C)NC(=O)c1ccccc1SC(C)C(=O)O. The summed E-state index contributed by atoms with van der Waals surface area (Å²) < 4.78 is 5.18. The van der Waals surface area contributed by atoms with E-state index in [0.717, 1.165) is 11.8 Å². The van der Waals surface area contributed by atoms with Gasteiger partial charge in [0.25, 0.3) is 5.91 Å². The third-order valence-corrected chi connectivity index (χ3v) is 4.38. The summed E-state index contributed by atoms with van der Waals surface area (Å²) in [6.07, 6.45) is -0.105. The fourth-order valence-electron chi connectivity index (χ4n) is 1.60. The number of benzene rings is 1. The molecule has 1 aromatic carbocycles. The van der Waals surface area contributed by atoms with Gasteiger partial charge in [0.1, 0.15) is 5.25 Å². The molecule has 0 radical (unpaired) electrons. The summed E-state index contributed by atoms with van der Waals surface area (Å²) in [6.45, 7) is 5.33. The summed E-state index contributed by atoms with van der Waals surface area (Å²) in [4.78, 5) is 23.9. The number of aliphatic carboxylic acids is 1. The smallest absolute Gasteiger partial charge is 0.316 e. The zero-order valence-electron chi connectivity index (χ0n) is 12.6. The van der Waals surface area contributed by atoms with Crippen LogP contribution in [0.2, 0.25) is 0 Å². The lowest BCUT2D eigenvalue weighted by Crippen LogP contribution is -2.40. The average Bonchev–Trinajstić information content (AvgIpc) is 2.46. The standard InChI is InChI=1S/C15H21NO4S/c1-9(10(2)20-4)16-14(17)12-7-5-6-8-13(12)21-11(3)15(18)19/h5-11H,1-4H3,(H,16,17)(H,18,19)/t9-,10?,11?/m0/s1. The van der Waals surface area contributed by atoms with Gasteiger partial charge in [-0.25, -0.2) is 0 Å². The average molecular weight is 311 g/mol. The van der Waals surface area contributed by atoms with E-state index in [9.17, 15) is 9.59 Å². The quantitative estimate of drug-likeness (QED) is 0.756. The van der Waals surface area contributed by atoms with Crippen molar-refractivity contribution in [2.24, 2.45) is 0 Å².